The quantitative estimate of drug-likeness (QED) is 0.785. The SMILES string of the molecule is CC(C)n1cnnc1CCc1cccnc1. The molecule has 0 fully saturated rings. The fourth-order valence-electron chi connectivity index (χ4n) is 1.68. The van der Waals surface area contributed by atoms with Gasteiger partial charge in [0.15, 0.2) is 0 Å². The number of aromatic nitrogens is 4. The first-order chi connectivity index (χ1) is 7.77. The highest BCUT2D eigenvalue weighted by atomic mass is 15.3. The maximum atomic E-state index is 4.15. The monoisotopic (exact) mass is 216 g/mol. The van der Waals surface area contributed by atoms with E-state index in [1.165, 1.54) is 5.56 Å². The minimum absolute atomic E-state index is 0.416. The summed E-state index contributed by atoms with van der Waals surface area (Å²) in [6.07, 6.45) is 7.35. The van der Waals surface area contributed by atoms with Crippen LogP contribution in [0.1, 0.15) is 31.3 Å². The highest BCUT2D eigenvalue weighted by molar-refractivity contribution is 5.09. The zero-order valence-electron chi connectivity index (χ0n) is 9.67. The minimum atomic E-state index is 0.416. The second-order valence-electron chi connectivity index (χ2n) is 4.11. The van der Waals surface area contributed by atoms with Crippen LogP contribution in [0.15, 0.2) is 30.9 Å². The summed E-state index contributed by atoms with van der Waals surface area (Å²) in [4.78, 5) is 4.10. The highest BCUT2D eigenvalue weighted by Gasteiger charge is 2.06. The lowest BCUT2D eigenvalue weighted by atomic mass is 10.1. The molecule has 2 rings (SSSR count). The molecule has 4 heteroatoms. The van der Waals surface area contributed by atoms with Crippen molar-refractivity contribution in [2.24, 2.45) is 0 Å². The summed E-state index contributed by atoms with van der Waals surface area (Å²) in [5.74, 6) is 1.04. The van der Waals surface area contributed by atoms with Crippen LogP contribution < -0.4 is 0 Å². The van der Waals surface area contributed by atoms with Crippen LogP contribution in [0.25, 0.3) is 0 Å². The predicted octanol–water partition coefficient (Wildman–Crippen LogP) is 2.04. The van der Waals surface area contributed by atoms with Crippen molar-refractivity contribution in [3.8, 4) is 0 Å². The Morgan fingerprint density at radius 2 is 2.19 bits per heavy atom. The van der Waals surface area contributed by atoms with Gasteiger partial charge >= 0.3 is 0 Å². The first-order valence-electron chi connectivity index (χ1n) is 5.54. The molecule has 0 bridgehead atoms. The van der Waals surface area contributed by atoms with Crippen LogP contribution in [0.3, 0.4) is 0 Å². The van der Waals surface area contributed by atoms with E-state index in [4.69, 9.17) is 0 Å². The van der Waals surface area contributed by atoms with Crippen molar-refractivity contribution in [3.63, 3.8) is 0 Å². The molecule has 2 heterocycles. The Morgan fingerprint density at radius 1 is 1.31 bits per heavy atom. The Labute approximate surface area is 95.4 Å². The number of rotatable bonds is 4. The molecule has 0 saturated heterocycles. The molecule has 0 aliphatic rings. The van der Waals surface area contributed by atoms with Crippen molar-refractivity contribution < 1.29 is 0 Å². The van der Waals surface area contributed by atoms with Gasteiger partial charge < -0.3 is 4.57 Å². The maximum absolute atomic E-state index is 4.15. The van der Waals surface area contributed by atoms with E-state index in [0.717, 1.165) is 18.7 Å². The van der Waals surface area contributed by atoms with Crippen LogP contribution in [0, 0.1) is 0 Å². The van der Waals surface area contributed by atoms with Crippen molar-refractivity contribution in [3.05, 3.63) is 42.2 Å². The van der Waals surface area contributed by atoms with Gasteiger partial charge in [-0.3, -0.25) is 4.98 Å². The normalized spacial score (nSPS) is 10.9. The lowest BCUT2D eigenvalue weighted by Crippen LogP contribution is -2.06. The fourth-order valence-corrected chi connectivity index (χ4v) is 1.68. The molecule has 4 nitrogen and oxygen atoms in total. The van der Waals surface area contributed by atoms with Crippen LogP contribution in [-0.4, -0.2) is 19.7 Å². The van der Waals surface area contributed by atoms with Crippen LogP contribution in [0.5, 0.6) is 0 Å². The average Bonchev–Trinajstić information content (AvgIpc) is 2.76. The van der Waals surface area contributed by atoms with Gasteiger partial charge in [0.2, 0.25) is 0 Å². The molecule has 0 aliphatic heterocycles. The van der Waals surface area contributed by atoms with Crippen molar-refractivity contribution >= 4 is 0 Å². The van der Waals surface area contributed by atoms with E-state index in [0.29, 0.717) is 6.04 Å². The fraction of sp³-hybridized carbons (Fsp3) is 0.417. The zero-order chi connectivity index (χ0) is 11.4. The Morgan fingerprint density at radius 3 is 2.88 bits per heavy atom. The molecule has 0 amide bonds. The summed E-state index contributed by atoms with van der Waals surface area (Å²) in [7, 11) is 0. The van der Waals surface area contributed by atoms with Gasteiger partial charge in [-0.15, -0.1) is 10.2 Å². The molecule has 2 aromatic heterocycles. The van der Waals surface area contributed by atoms with E-state index in [1.807, 2.05) is 12.3 Å². The smallest absolute Gasteiger partial charge is 0.133 e. The van der Waals surface area contributed by atoms with Gasteiger partial charge in [-0.25, -0.2) is 0 Å². The van der Waals surface area contributed by atoms with Gasteiger partial charge in [-0.1, -0.05) is 6.07 Å². The molecule has 16 heavy (non-hydrogen) atoms. The first kappa shape index (κ1) is 10.8. The van der Waals surface area contributed by atoms with E-state index in [-0.39, 0.29) is 0 Å². The second-order valence-corrected chi connectivity index (χ2v) is 4.11. The largest absolute Gasteiger partial charge is 0.315 e. The van der Waals surface area contributed by atoms with Crippen LogP contribution in [-0.2, 0) is 12.8 Å². The lowest BCUT2D eigenvalue weighted by molar-refractivity contribution is 0.565. The summed E-state index contributed by atoms with van der Waals surface area (Å²) in [6, 6.07) is 4.46. The third-order valence-corrected chi connectivity index (χ3v) is 2.56. The third-order valence-electron chi connectivity index (χ3n) is 2.56. The third kappa shape index (κ3) is 2.45. The molecule has 84 valence electrons. The van der Waals surface area contributed by atoms with Gasteiger partial charge in [0, 0.05) is 24.9 Å². The van der Waals surface area contributed by atoms with Gasteiger partial charge in [-0.05, 0) is 31.9 Å². The molecule has 0 atom stereocenters. The molecular weight excluding hydrogens is 200 g/mol. The van der Waals surface area contributed by atoms with Gasteiger partial charge in [0.25, 0.3) is 0 Å². The Bertz CT molecular complexity index is 433. The van der Waals surface area contributed by atoms with Crippen molar-refractivity contribution in [1.82, 2.24) is 19.7 Å². The molecule has 0 spiro atoms. The molecule has 0 radical (unpaired) electrons. The Hall–Kier alpha value is -1.71. The summed E-state index contributed by atoms with van der Waals surface area (Å²) in [5.41, 5.74) is 1.24. The zero-order valence-corrected chi connectivity index (χ0v) is 9.67. The van der Waals surface area contributed by atoms with Crippen molar-refractivity contribution in [2.45, 2.75) is 32.7 Å². The molecular formula is C12H16N4. The van der Waals surface area contributed by atoms with Gasteiger partial charge in [-0.2, -0.15) is 0 Å². The molecule has 0 N–H and O–H groups in total. The Balaban J connectivity index is 2.02. The predicted molar refractivity (Wildman–Crippen MR) is 62.1 cm³/mol. The number of aryl methyl sites for hydroxylation is 2. The topological polar surface area (TPSA) is 43.6 Å². The standard InChI is InChI=1S/C12H16N4/c1-10(2)16-9-14-15-12(16)6-5-11-4-3-7-13-8-11/h3-4,7-10H,5-6H2,1-2H3. The molecule has 0 saturated carbocycles. The first-order valence-corrected chi connectivity index (χ1v) is 5.54. The molecule has 0 unspecified atom stereocenters. The van der Waals surface area contributed by atoms with E-state index < -0.39 is 0 Å². The van der Waals surface area contributed by atoms with E-state index in [9.17, 15) is 0 Å². The van der Waals surface area contributed by atoms with E-state index in [1.54, 1.807) is 12.5 Å². The maximum Gasteiger partial charge on any atom is 0.133 e. The van der Waals surface area contributed by atoms with Crippen LogP contribution in [0.2, 0.25) is 0 Å². The second kappa shape index (κ2) is 4.88. The van der Waals surface area contributed by atoms with Crippen molar-refractivity contribution in [1.29, 1.82) is 0 Å². The molecule has 0 aliphatic carbocycles. The number of hydrogen-bond acceptors (Lipinski definition) is 3. The van der Waals surface area contributed by atoms with E-state index >= 15 is 0 Å². The summed E-state index contributed by atoms with van der Waals surface area (Å²) >= 11 is 0. The summed E-state index contributed by atoms with van der Waals surface area (Å²) in [5, 5.41) is 8.10. The number of pyridine rings is 1. The number of nitrogens with zero attached hydrogens (tertiary/aromatic N) is 4. The van der Waals surface area contributed by atoms with Gasteiger partial charge in [0.05, 0.1) is 0 Å². The van der Waals surface area contributed by atoms with E-state index in [2.05, 4.69) is 39.7 Å². The lowest BCUT2D eigenvalue weighted by Gasteiger charge is -2.09. The van der Waals surface area contributed by atoms with Crippen LogP contribution >= 0.6 is 0 Å². The highest BCUT2D eigenvalue weighted by Crippen LogP contribution is 2.09. The Kier molecular flexibility index (Phi) is 3.29. The summed E-state index contributed by atoms with van der Waals surface area (Å²) in [6.45, 7) is 4.27. The molecule has 2 aromatic rings. The van der Waals surface area contributed by atoms with Crippen molar-refractivity contribution in [2.75, 3.05) is 0 Å². The average molecular weight is 216 g/mol. The van der Waals surface area contributed by atoms with Crippen LogP contribution in [0.4, 0.5) is 0 Å². The van der Waals surface area contributed by atoms with Gasteiger partial charge in [0.1, 0.15) is 12.2 Å². The number of hydrogen-bond donors (Lipinski definition) is 0. The summed E-state index contributed by atoms with van der Waals surface area (Å²) < 4.78 is 2.11. The minimum Gasteiger partial charge on any atom is -0.315 e. The molecule has 0 aromatic carbocycles.